The fraction of sp³-hybridized carbons (Fsp3) is 0.154. The summed E-state index contributed by atoms with van der Waals surface area (Å²) in [5.74, 6) is -0.242. The largest absolute Gasteiger partial charge is 0.347 e. The first kappa shape index (κ1) is 12.5. The van der Waals surface area contributed by atoms with Crippen molar-refractivity contribution in [2.75, 3.05) is 0 Å². The third-order valence-corrected chi connectivity index (χ3v) is 2.73. The number of aryl methyl sites for hydroxylation is 1. The van der Waals surface area contributed by atoms with Gasteiger partial charge in [0.15, 0.2) is 0 Å². The van der Waals surface area contributed by atoms with Gasteiger partial charge in [-0.25, -0.2) is 4.98 Å². The van der Waals surface area contributed by atoms with Crippen molar-refractivity contribution in [2.45, 2.75) is 13.5 Å². The smallest absolute Gasteiger partial charge is 0.270 e. The average Bonchev–Trinajstić information content (AvgIpc) is 2.37. The summed E-state index contributed by atoms with van der Waals surface area (Å²) < 4.78 is 0. The van der Waals surface area contributed by atoms with Crippen LogP contribution in [0.5, 0.6) is 0 Å². The predicted molar refractivity (Wildman–Crippen MR) is 69.4 cm³/mol. The van der Waals surface area contributed by atoms with Gasteiger partial charge >= 0.3 is 0 Å². The molecule has 0 aliphatic rings. The number of amides is 1. The maximum Gasteiger partial charge on any atom is 0.270 e. The fourth-order valence-corrected chi connectivity index (χ4v) is 1.67. The molecule has 2 heterocycles. The Labute approximate surface area is 110 Å². The maximum atomic E-state index is 11.8. The number of hydrogen-bond acceptors (Lipinski definition) is 3. The summed E-state index contributed by atoms with van der Waals surface area (Å²) in [7, 11) is 0. The Balaban J connectivity index is 2.03. The van der Waals surface area contributed by atoms with Crippen molar-refractivity contribution < 1.29 is 4.79 Å². The first-order valence-corrected chi connectivity index (χ1v) is 5.85. The molecule has 2 rings (SSSR count). The van der Waals surface area contributed by atoms with E-state index in [4.69, 9.17) is 11.6 Å². The number of nitrogens with zero attached hydrogens (tertiary/aromatic N) is 2. The zero-order chi connectivity index (χ0) is 13.0. The molecule has 0 bridgehead atoms. The summed E-state index contributed by atoms with van der Waals surface area (Å²) in [6, 6.07) is 6.83. The molecular weight excluding hydrogens is 250 g/mol. The normalized spacial score (nSPS) is 10.1. The fourth-order valence-electron chi connectivity index (χ4n) is 1.50. The van der Waals surface area contributed by atoms with Crippen LogP contribution in [0, 0.1) is 6.92 Å². The monoisotopic (exact) mass is 261 g/mol. The Morgan fingerprint density at radius 2 is 2.22 bits per heavy atom. The van der Waals surface area contributed by atoms with Crippen LogP contribution in [0.4, 0.5) is 0 Å². The maximum absolute atomic E-state index is 11.8. The molecule has 4 nitrogen and oxygen atoms in total. The molecule has 0 saturated carbocycles. The Hall–Kier alpha value is -1.94. The highest BCUT2D eigenvalue weighted by Crippen LogP contribution is 2.07. The van der Waals surface area contributed by atoms with Gasteiger partial charge < -0.3 is 5.32 Å². The molecule has 2 aromatic heterocycles. The van der Waals surface area contributed by atoms with Gasteiger partial charge in [0.25, 0.3) is 5.91 Å². The van der Waals surface area contributed by atoms with Gasteiger partial charge in [0.2, 0.25) is 0 Å². The summed E-state index contributed by atoms with van der Waals surface area (Å²) in [4.78, 5) is 19.8. The molecule has 18 heavy (non-hydrogen) atoms. The molecule has 0 fully saturated rings. The third-order valence-electron chi connectivity index (χ3n) is 2.52. The van der Waals surface area contributed by atoms with Crippen LogP contribution in [0.15, 0.2) is 36.7 Å². The third kappa shape index (κ3) is 3.05. The number of nitrogens with one attached hydrogen (secondary N) is 1. The second-order valence-corrected chi connectivity index (χ2v) is 4.22. The summed E-state index contributed by atoms with van der Waals surface area (Å²) in [6.45, 7) is 2.40. The molecule has 2 aromatic rings. The van der Waals surface area contributed by atoms with Crippen LogP contribution in [0.25, 0.3) is 0 Å². The summed E-state index contributed by atoms with van der Waals surface area (Å²) in [5.41, 5.74) is 2.38. The van der Waals surface area contributed by atoms with Gasteiger partial charge in [0.1, 0.15) is 10.8 Å². The standard InChI is InChI=1S/C13H12ClN3O/c1-9-7-15-6-5-10(9)8-16-13(18)11-3-2-4-12(14)17-11/h2-7H,8H2,1H3,(H,16,18). The van der Waals surface area contributed by atoms with Gasteiger partial charge in [0.05, 0.1) is 0 Å². The zero-order valence-electron chi connectivity index (χ0n) is 9.85. The van der Waals surface area contributed by atoms with E-state index in [2.05, 4.69) is 15.3 Å². The number of carbonyl (C=O) groups is 1. The first-order valence-electron chi connectivity index (χ1n) is 5.47. The highest BCUT2D eigenvalue weighted by atomic mass is 35.5. The lowest BCUT2D eigenvalue weighted by atomic mass is 10.1. The van der Waals surface area contributed by atoms with Crippen molar-refractivity contribution >= 4 is 17.5 Å². The molecule has 0 radical (unpaired) electrons. The van der Waals surface area contributed by atoms with Gasteiger partial charge in [0, 0.05) is 18.9 Å². The van der Waals surface area contributed by atoms with Crippen molar-refractivity contribution in [3.05, 3.63) is 58.6 Å². The van der Waals surface area contributed by atoms with Crippen molar-refractivity contribution in [3.8, 4) is 0 Å². The van der Waals surface area contributed by atoms with Gasteiger partial charge in [-0.3, -0.25) is 9.78 Å². The molecule has 92 valence electrons. The van der Waals surface area contributed by atoms with Crippen molar-refractivity contribution in [2.24, 2.45) is 0 Å². The van der Waals surface area contributed by atoms with E-state index in [0.717, 1.165) is 11.1 Å². The highest BCUT2D eigenvalue weighted by molar-refractivity contribution is 6.29. The number of carbonyl (C=O) groups excluding carboxylic acids is 1. The molecule has 0 atom stereocenters. The van der Waals surface area contributed by atoms with Crippen LogP contribution in [0.1, 0.15) is 21.6 Å². The topological polar surface area (TPSA) is 54.9 Å². The number of hydrogen-bond donors (Lipinski definition) is 1. The minimum absolute atomic E-state index is 0.242. The average molecular weight is 262 g/mol. The lowest BCUT2D eigenvalue weighted by molar-refractivity contribution is 0.0946. The predicted octanol–water partition coefficient (Wildman–Crippen LogP) is 2.37. The second-order valence-electron chi connectivity index (χ2n) is 3.83. The van der Waals surface area contributed by atoms with Crippen molar-refractivity contribution in [3.63, 3.8) is 0 Å². The molecule has 5 heteroatoms. The van der Waals surface area contributed by atoms with Crippen LogP contribution in [-0.2, 0) is 6.54 Å². The quantitative estimate of drug-likeness (QED) is 0.863. The molecule has 1 N–H and O–H groups in total. The van der Waals surface area contributed by atoms with Gasteiger partial charge in [-0.2, -0.15) is 0 Å². The molecule has 0 aliphatic carbocycles. The van der Waals surface area contributed by atoms with E-state index in [-0.39, 0.29) is 5.91 Å². The molecule has 0 aliphatic heterocycles. The summed E-state index contributed by atoms with van der Waals surface area (Å²) >= 11 is 5.73. The van der Waals surface area contributed by atoms with E-state index in [9.17, 15) is 4.79 Å². The van der Waals surface area contributed by atoms with E-state index >= 15 is 0 Å². The minimum atomic E-state index is -0.242. The molecular formula is C13H12ClN3O. The Morgan fingerprint density at radius 3 is 2.94 bits per heavy atom. The first-order chi connectivity index (χ1) is 8.66. The number of rotatable bonds is 3. The van der Waals surface area contributed by atoms with Crippen LogP contribution in [0.3, 0.4) is 0 Å². The molecule has 0 saturated heterocycles. The molecule has 0 aromatic carbocycles. The van der Waals surface area contributed by atoms with E-state index in [1.54, 1.807) is 30.6 Å². The summed E-state index contributed by atoms with van der Waals surface area (Å²) in [6.07, 6.45) is 3.46. The minimum Gasteiger partial charge on any atom is -0.347 e. The van der Waals surface area contributed by atoms with Crippen LogP contribution in [0.2, 0.25) is 5.15 Å². The Bertz CT molecular complexity index is 572. The lowest BCUT2D eigenvalue weighted by Crippen LogP contribution is -2.24. The van der Waals surface area contributed by atoms with Crippen LogP contribution < -0.4 is 5.32 Å². The van der Waals surface area contributed by atoms with Crippen molar-refractivity contribution in [1.82, 2.24) is 15.3 Å². The van der Waals surface area contributed by atoms with Crippen LogP contribution >= 0.6 is 11.6 Å². The van der Waals surface area contributed by atoms with Crippen molar-refractivity contribution in [1.29, 1.82) is 0 Å². The molecule has 0 spiro atoms. The van der Waals surface area contributed by atoms with E-state index in [1.807, 2.05) is 13.0 Å². The SMILES string of the molecule is Cc1cnccc1CNC(=O)c1cccc(Cl)n1. The van der Waals surface area contributed by atoms with Gasteiger partial charge in [-0.1, -0.05) is 17.7 Å². The second kappa shape index (κ2) is 5.60. The van der Waals surface area contributed by atoms with E-state index < -0.39 is 0 Å². The van der Waals surface area contributed by atoms with Gasteiger partial charge in [-0.05, 0) is 36.2 Å². The lowest BCUT2D eigenvalue weighted by Gasteiger charge is -2.07. The van der Waals surface area contributed by atoms with Gasteiger partial charge in [-0.15, -0.1) is 0 Å². The van der Waals surface area contributed by atoms with Crippen LogP contribution in [-0.4, -0.2) is 15.9 Å². The number of pyridine rings is 2. The summed E-state index contributed by atoms with van der Waals surface area (Å²) in [5, 5.41) is 3.10. The molecule has 0 unspecified atom stereocenters. The van der Waals surface area contributed by atoms with E-state index in [1.165, 1.54) is 0 Å². The Kier molecular flexibility index (Phi) is 3.89. The number of halogens is 1. The Morgan fingerprint density at radius 1 is 1.39 bits per heavy atom. The highest BCUT2D eigenvalue weighted by Gasteiger charge is 2.07. The molecule has 1 amide bonds. The van der Waals surface area contributed by atoms with E-state index in [0.29, 0.717) is 17.4 Å². The zero-order valence-corrected chi connectivity index (χ0v) is 10.6. The number of aromatic nitrogens is 2.